The first-order chi connectivity index (χ1) is 8.53. The van der Waals surface area contributed by atoms with Crippen LogP contribution in [0, 0.1) is 5.41 Å². The van der Waals surface area contributed by atoms with Gasteiger partial charge >= 0.3 is 0 Å². The van der Waals surface area contributed by atoms with E-state index in [-0.39, 0.29) is 5.41 Å². The fourth-order valence-electron chi connectivity index (χ4n) is 1.45. The molecule has 0 aromatic rings. The molecule has 0 amide bonds. The Kier molecular flexibility index (Phi) is 7.11. The minimum Gasteiger partial charge on any atom is -0.388 e. The van der Waals surface area contributed by atoms with E-state index in [1.54, 1.807) is 0 Å². The first kappa shape index (κ1) is 15.9. The Labute approximate surface area is 109 Å². The Hall–Kier alpha value is -0.200. The number of ether oxygens (including phenoxy) is 4. The van der Waals surface area contributed by atoms with E-state index in [9.17, 15) is 5.11 Å². The van der Waals surface area contributed by atoms with Gasteiger partial charge in [0.2, 0.25) is 0 Å². The summed E-state index contributed by atoms with van der Waals surface area (Å²) in [5.74, 6) is 0. The molecule has 1 rings (SSSR count). The topological polar surface area (TPSA) is 60.5 Å². The van der Waals surface area contributed by atoms with Gasteiger partial charge in [-0.1, -0.05) is 13.8 Å². The first-order valence-corrected chi connectivity index (χ1v) is 6.56. The number of aliphatic hydroxyl groups excluding tert-OH is 1. The van der Waals surface area contributed by atoms with Crippen LogP contribution in [0.5, 0.6) is 0 Å². The second-order valence-electron chi connectivity index (χ2n) is 5.46. The molecule has 2 atom stereocenters. The number of hydrogen-bond acceptors (Lipinski definition) is 5. The Morgan fingerprint density at radius 3 is 2.44 bits per heavy atom. The highest BCUT2D eigenvalue weighted by molar-refractivity contribution is 4.71. The second kappa shape index (κ2) is 8.07. The van der Waals surface area contributed by atoms with Crippen LogP contribution in [0.1, 0.15) is 20.8 Å². The van der Waals surface area contributed by atoms with E-state index in [1.807, 2.05) is 6.92 Å². The molecule has 0 spiro atoms. The zero-order valence-electron chi connectivity index (χ0n) is 11.7. The zero-order chi connectivity index (χ0) is 13.4. The van der Waals surface area contributed by atoms with Gasteiger partial charge in [-0.25, -0.2) is 0 Å². The third-order valence-electron chi connectivity index (χ3n) is 2.52. The molecule has 1 heterocycles. The molecule has 2 unspecified atom stereocenters. The molecular weight excluding hydrogens is 236 g/mol. The van der Waals surface area contributed by atoms with Crippen molar-refractivity contribution in [2.45, 2.75) is 33.0 Å². The Balaban J connectivity index is 2.00. The lowest BCUT2D eigenvalue weighted by Crippen LogP contribution is -2.30. The smallest absolute Gasteiger partial charge is 0.104 e. The minimum absolute atomic E-state index is 0.0553. The Morgan fingerprint density at radius 1 is 1.22 bits per heavy atom. The lowest BCUT2D eigenvalue weighted by Gasteiger charge is -2.24. The summed E-state index contributed by atoms with van der Waals surface area (Å²) in [6.07, 6.45) is -0.253. The van der Waals surface area contributed by atoms with Crippen molar-refractivity contribution >= 4 is 0 Å². The molecule has 5 heteroatoms. The highest BCUT2D eigenvalue weighted by Gasteiger charge is 2.25. The summed E-state index contributed by atoms with van der Waals surface area (Å²) >= 11 is 0. The van der Waals surface area contributed by atoms with Gasteiger partial charge in [-0.05, 0) is 6.92 Å². The summed E-state index contributed by atoms with van der Waals surface area (Å²) in [4.78, 5) is 0. The third kappa shape index (κ3) is 8.00. The van der Waals surface area contributed by atoms with E-state index in [2.05, 4.69) is 13.8 Å². The van der Waals surface area contributed by atoms with Gasteiger partial charge < -0.3 is 24.1 Å². The predicted octanol–water partition coefficient (Wildman–Crippen LogP) is 0.842. The third-order valence-corrected chi connectivity index (χ3v) is 2.52. The van der Waals surface area contributed by atoms with Crippen molar-refractivity contribution in [1.82, 2.24) is 0 Å². The van der Waals surface area contributed by atoms with Gasteiger partial charge in [0.15, 0.2) is 0 Å². The van der Waals surface area contributed by atoms with Crippen LogP contribution in [0.25, 0.3) is 0 Å². The quantitative estimate of drug-likeness (QED) is 0.559. The average Bonchev–Trinajstić information content (AvgIpc) is 3.10. The first-order valence-electron chi connectivity index (χ1n) is 6.56. The van der Waals surface area contributed by atoms with E-state index in [1.165, 1.54) is 0 Å². The highest BCUT2D eigenvalue weighted by atomic mass is 16.6. The number of aliphatic hydroxyl groups is 1. The van der Waals surface area contributed by atoms with Crippen molar-refractivity contribution in [2.24, 2.45) is 5.41 Å². The molecule has 1 aliphatic rings. The summed E-state index contributed by atoms with van der Waals surface area (Å²) < 4.78 is 21.2. The molecular formula is C13H26O5. The van der Waals surface area contributed by atoms with Crippen molar-refractivity contribution in [3.63, 3.8) is 0 Å². The van der Waals surface area contributed by atoms with Gasteiger partial charge in [0.25, 0.3) is 0 Å². The summed E-state index contributed by atoms with van der Waals surface area (Å²) in [5, 5.41) is 9.54. The average molecular weight is 262 g/mol. The zero-order valence-corrected chi connectivity index (χ0v) is 11.7. The number of rotatable bonds is 11. The number of epoxide rings is 1. The summed E-state index contributed by atoms with van der Waals surface area (Å²) in [7, 11) is 0. The van der Waals surface area contributed by atoms with E-state index >= 15 is 0 Å². The lowest BCUT2D eigenvalue weighted by molar-refractivity contribution is -0.0513. The maximum Gasteiger partial charge on any atom is 0.104 e. The second-order valence-corrected chi connectivity index (χ2v) is 5.46. The molecule has 0 aromatic heterocycles. The maximum absolute atomic E-state index is 9.54. The molecule has 5 nitrogen and oxygen atoms in total. The van der Waals surface area contributed by atoms with E-state index in [4.69, 9.17) is 18.9 Å². The van der Waals surface area contributed by atoms with Crippen molar-refractivity contribution < 1.29 is 24.1 Å². The number of hydrogen-bond donors (Lipinski definition) is 1. The van der Waals surface area contributed by atoms with Gasteiger partial charge in [-0.3, -0.25) is 0 Å². The fraction of sp³-hybridized carbons (Fsp3) is 1.00. The van der Waals surface area contributed by atoms with Crippen LogP contribution in [0.3, 0.4) is 0 Å². The molecule has 0 saturated carbocycles. The van der Waals surface area contributed by atoms with Crippen LogP contribution in [-0.2, 0) is 18.9 Å². The van der Waals surface area contributed by atoms with Crippen molar-refractivity contribution in [1.29, 1.82) is 0 Å². The van der Waals surface area contributed by atoms with Gasteiger partial charge in [0.05, 0.1) is 39.6 Å². The van der Waals surface area contributed by atoms with Crippen molar-refractivity contribution in [3.8, 4) is 0 Å². The molecule has 108 valence electrons. The molecule has 0 aliphatic carbocycles. The summed E-state index contributed by atoms with van der Waals surface area (Å²) in [6, 6.07) is 0. The van der Waals surface area contributed by atoms with Crippen LogP contribution < -0.4 is 0 Å². The predicted molar refractivity (Wildman–Crippen MR) is 67.7 cm³/mol. The monoisotopic (exact) mass is 262 g/mol. The molecule has 0 bridgehead atoms. The van der Waals surface area contributed by atoms with Crippen molar-refractivity contribution in [2.75, 3.05) is 46.2 Å². The van der Waals surface area contributed by atoms with E-state index in [0.717, 1.165) is 6.61 Å². The lowest BCUT2D eigenvalue weighted by atomic mass is 9.96. The largest absolute Gasteiger partial charge is 0.388 e. The van der Waals surface area contributed by atoms with Crippen molar-refractivity contribution in [3.05, 3.63) is 0 Å². The molecule has 0 aromatic carbocycles. The molecule has 1 fully saturated rings. The van der Waals surface area contributed by atoms with Crippen LogP contribution in [0.2, 0.25) is 0 Å². The van der Waals surface area contributed by atoms with Crippen LogP contribution in [0.15, 0.2) is 0 Å². The molecule has 18 heavy (non-hydrogen) atoms. The molecule has 0 radical (unpaired) electrons. The normalized spacial score (nSPS) is 21.0. The van der Waals surface area contributed by atoms with Gasteiger partial charge in [0, 0.05) is 12.0 Å². The standard InChI is InChI=1S/C13H26O5/c1-4-15-5-11(14)6-16-9-13(2,3)10-17-7-12-8-18-12/h11-12,14H,4-10H2,1-3H3. The van der Waals surface area contributed by atoms with Crippen LogP contribution in [-0.4, -0.2) is 63.6 Å². The molecule has 1 saturated heterocycles. The fourth-order valence-corrected chi connectivity index (χ4v) is 1.45. The minimum atomic E-state index is -0.554. The summed E-state index contributed by atoms with van der Waals surface area (Å²) in [5.41, 5.74) is -0.0553. The van der Waals surface area contributed by atoms with E-state index < -0.39 is 6.10 Å². The van der Waals surface area contributed by atoms with E-state index in [0.29, 0.717) is 45.7 Å². The van der Waals surface area contributed by atoms with Gasteiger partial charge in [-0.15, -0.1) is 0 Å². The highest BCUT2D eigenvalue weighted by Crippen LogP contribution is 2.17. The Bertz CT molecular complexity index is 215. The molecule has 1 aliphatic heterocycles. The van der Waals surface area contributed by atoms with Gasteiger partial charge in [0.1, 0.15) is 12.2 Å². The summed E-state index contributed by atoms with van der Waals surface area (Å²) in [6.45, 7) is 9.97. The van der Waals surface area contributed by atoms with Gasteiger partial charge in [-0.2, -0.15) is 0 Å². The molecule has 1 N–H and O–H groups in total. The SMILES string of the molecule is CCOCC(O)COCC(C)(C)COCC1CO1. The van der Waals surface area contributed by atoms with Crippen LogP contribution in [0.4, 0.5) is 0 Å². The Morgan fingerprint density at radius 2 is 1.83 bits per heavy atom. The maximum atomic E-state index is 9.54. The van der Waals surface area contributed by atoms with Crippen LogP contribution >= 0.6 is 0 Å².